The number of thiazole rings is 1. The molecule has 2 N–H and O–H groups in total. The number of nitrogens with zero attached hydrogens (tertiary/aromatic N) is 2. The van der Waals surface area contributed by atoms with Gasteiger partial charge in [0.1, 0.15) is 4.88 Å². The van der Waals surface area contributed by atoms with Crippen molar-refractivity contribution >= 4 is 39.2 Å². The molecule has 2 aromatic carbocycles. The van der Waals surface area contributed by atoms with E-state index in [1.807, 2.05) is 13.8 Å². The molecule has 1 amide bonds. The molecular formula is C28H23F5N4O4S. The molecule has 0 saturated carbocycles. The van der Waals surface area contributed by atoms with Crippen LogP contribution in [0.15, 0.2) is 24.4 Å². The lowest BCUT2D eigenvalue weighted by atomic mass is 9.94. The van der Waals surface area contributed by atoms with Crippen LogP contribution in [-0.4, -0.2) is 53.2 Å². The Morgan fingerprint density at radius 2 is 1.86 bits per heavy atom. The second-order valence-electron chi connectivity index (χ2n) is 10.8. The third-order valence-corrected chi connectivity index (χ3v) is 8.38. The number of carbonyl (C=O) groups is 2. The van der Waals surface area contributed by atoms with Crippen molar-refractivity contribution < 1.29 is 41.0 Å². The number of hydrogen-bond donors (Lipinski definition) is 2. The number of anilines is 1. The predicted molar refractivity (Wildman–Crippen MR) is 143 cm³/mol. The molecule has 2 aliphatic rings. The largest absolute Gasteiger partial charge is 0.416 e. The van der Waals surface area contributed by atoms with Gasteiger partial charge in [0.2, 0.25) is 34.8 Å². The molecule has 4 heterocycles. The van der Waals surface area contributed by atoms with E-state index in [1.54, 1.807) is 12.3 Å². The van der Waals surface area contributed by atoms with Crippen LogP contribution in [0.2, 0.25) is 0 Å². The van der Waals surface area contributed by atoms with Crippen LogP contribution in [0.5, 0.6) is 5.75 Å². The third kappa shape index (κ3) is 4.87. The lowest BCUT2D eigenvalue weighted by molar-refractivity contribution is 0.0715. The summed E-state index contributed by atoms with van der Waals surface area (Å²) in [5, 5.41) is 4.28. The molecule has 1 fully saturated rings. The second-order valence-corrected chi connectivity index (χ2v) is 11.8. The number of halogens is 5. The molecule has 14 heteroatoms. The smallest absolute Gasteiger partial charge is 0.343 e. The molecule has 6 rings (SSSR count). The summed E-state index contributed by atoms with van der Waals surface area (Å²) in [5.41, 5.74) is 1.60. The predicted octanol–water partition coefficient (Wildman–Crippen LogP) is 5.05. The Bertz CT molecular complexity index is 1720. The SMILES string of the molecule is CC1(C)Cc2nc(N3CCOC[C@@H]3Cc3c[nH]c4ccc(C(=O)Oc5c(F)c(F)c(F)c(F)c5F)cc34)sc2C(=O)N1. The lowest BCUT2D eigenvalue weighted by Crippen LogP contribution is -2.48. The van der Waals surface area contributed by atoms with Crippen LogP contribution in [0.3, 0.4) is 0 Å². The molecule has 2 aliphatic heterocycles. The van der Waals surface area contributed by atoms with E-state index in [0.29, 0.717) is 53.5 Å². The summed E-state index contributed by atoms with van der Waals surface area (Å²) in [6.07, 6.45) is 2.80. The highest BCUT2D eigenvalue weighted by molar-refractivity contribution is 7.17. The fraction of sp³-hybridized carbons (Fsp3) is 0.321. The van der Waals surface area contributed by atoms with Gasteiger partial charge in [-0.2, -0.15) is 8.78 Å². The molecule has 4 aromatic rings. The average Bonchev–Trinajstić information content (AvgIpc) is 3.56. The number of amides is 1. The molecule has 42 heavy (non-hydrogen) atoms. The van der Waals surface area contributed by atoms with Crippen molar-refractivity contribution in [2.75, 3.05) is 24.7 Å². The third-order valence-electron chi connectivity index (χ3n) is 7.25. The van der Waals surface area contributed by atoms with Gasteiger partial charge in [0, 0.05) is 35.6 Å². The molecule has 220 valence electrons. The summed E-state index contributed by atoms with van der Waals surface area (Å²) in [4.78, 5) is 35.9. The van der Waals surface area contributed by atoms with Gasteiger partial charge >= 0.3 is 5.97 Å². The number of ether oxygens (including phenoxy) is 2. The zero-order valence-electron chi connectivity index (χ0n) is 22.2. The minimum atomic E-state index is -2.35. The van der Waals surface area contributed by atoms with Crippen LogP contribution in [-0.2, 0) is 17.6 Å². The van der Waals surface area contributed by atoms with Gasteiger partial charge in [0.15, 0.2) is 5.13 Å². The van der Waals surface area contributed by atoms with Gasteiger partial charge in [-0.05, 0) is 44.0 Å². The van der Waals surface area contributed by atoms with Crippen molar-refractivity contribution in [1.82, 2.24) is 15.3 Å². The second kappa shape index (κ2) is 10.3. The van der Waals surface area contributed by atoms with E-state index in [-0.39, 0.29) is 17.5 Å². The Morgan fingerprint density at radius 1 is 1.14 bits per heavy atom. The Kier molecular flexibility index (Phi) is 6.92. The first kappa shape index (κ1) is 28.1. The zero-order chi connectivity index (χ0) is 29.9. The Hall–Kier alpha value is -4.04. The maximum Gasteiger partial charge on any atom is 0.343 e. The number of carbonyl (C=O) groups excluding carboxylic acids is 2. The maximum atomic E-state index is 14.1. The number of aromatic amines is 1. The molecule has 0 aliphatic carbocycles. The quantitative estimate of drug-likeness (QED) is 0.109. The summed E-state index contributed by atoms with van der Waals surface area (Å²) in [6, 6.07) is 4.08. The molecule has 0 spiro atoms. The number of H-pyrrole nitrogens is 1. The van der Waals surface area contributed by atoms with E-state index in [9.17, 15) is 31.5 Å². The van der Waals surface area contributed by atoms with Gasteiger partial charge in [-0.3, -0.25) is 4.79 Å². The Balaban J connectivity index is 1.27. The number of nitrogens with one attached hydrogen (secondary N) is 2. The van der Waals surface area contributed by atoms with Gasteiger partial charge in [-0.1, -0.05) is 11.3 Å². The van der Waals surface area contributed by atoms with Crippen molar-refractivity contribution in [2.24, 2.45) is 0 Å². The van der Waals surface area contributed by atoms with Gasteiger partial charge in [-0.25, -0.2) is 22.9 Å². The minimum Gasteiger partial charge on any atom is -0.416 e. The Labute approximate surface area is 239 Å². The molecule has 0 unspecified atom stereocenters. The van der Waals surface area contributed by atoms with Gasteiger partial charge < -0.3 is 24.7 Å². The summed E-state index contributed by atoms with van der Waals surface area (Å²) >= 11 is 1.32. The van der Waals surface area contributed by atoms with Crippen molar-refractivity contribution in [3.8, 4) is 5.75 Å². The van der Waals surface area contributed by atoms with Crippen molar-refractivity contribution in [2.45, 2.75) is 38.3 Å². The standard InChI is InChI=1S/C28H23F5N4O4S/c1-28(2)9-17-24(25(38)36-28)42-27(35-17)37-5-6-40-11-14(37)7-13-10-34-16-4-3-12(8-15(13)16)26(39)41-23-21(32)19(30)18(29)20(31)22(23)33/h3-4,8,10,14,34H,5-7,9,11H2,1-2H3,(H,36,38)/t14-/m0/s1. The highest BCUT2D eigenvalue weighted by Gasteiger charge is 2.36. The van der Waals surface area contributed by atoms with E-state index in [0.717, 1.165) is 11.3 Å². The van der Waals surface area contributed by atoms with E-state index < -0.39 is 46.3 Å². The normalized spacial score (nSPS) is 18.2. The van der Waals surface area contributed by atoms with Crippen LogP contribution < -0.4 is 15.0 Å². The number of esters is 1. The first-order valence-electron chi connectivity index (χ1n) is 12.9. The van der Waals surface area contributed by atoms with Crippen molar-refractivity contribution in [3.63, 3.8) is 0 Å². The number of benzene rings is 2. The van der Waals surface area contributed by atoms with E-state index in [1.165, 1.54) is 23.5 Å². The summed E-state index contributed by atoms with van der Waals surface area (Å²) in [6.45, 7) is 5.27. The molecule has 8 nitrogen and oxygen atoms in total. The molecule has 1 atom stereocenters. The minimum absolute atomic E-state index is 0.156. The topological polar surface area (TPSA) is 96.6 Å². The van der Waals surface area contributed by atoms with Crippen LogP contribution >= 0.6 is 11.3 Å². The number of morpholine rings is 1. The first-order valence-corrected chi connectivity index (χ1v) is 13.8. The van der Waals surface area contributed by atoms with Gasteiger partial charge in [0.05, 0.1) is 30.5 Å². The average molecular weight is 607 g/mol. The fourth-order valence-electron chi connectivity index (χ4n) is 5.22. The lowest BCUT2D eigenvalue weighted by Gasteiger charge is -2.35. The first-order chi connectivity index (χ1) is 19.9. The number of fused-ring (bicyclic) bond motifs is 2. The van der Waals surface area contributed by atoms with Crippen LogP contribution in [0.1, 0.15) is 45.1 Å². The molecule has 0 radical (unpaired) electrons. The van der Waals surface area contributed by atoms with Crippen LogP contribution in [0, 0.1) is 29.1 Å². The molecule has 2 aromatic heterocycles. The maximum absolute atomic E-state index is 14.1. The molecule has 0 bridgehead atoms. The number of rotatable bonds is 5. The van der Waals surface area contributed by atoms with E-state index >= 15 is 0 Å². The van der Waals surface area contributed by atoms with Crippen molar-refractivity contribution in [1.29, 1.82) is 0 Å². The highest BCUT2D eigenvalue weighted by Crippen LogP contribution is 2.35. The Morgan fingerprint density at radius 3 is 2.60 bits per heavy atom. The van der Waals surface area contributed by atoms with Gasteiger partial charge in [-0.15, -0.1) is 0 Å². The van der Waals surface area contributed by atoms with Crippen LogP contribution in [0.4, 0.5) is 27.1 Å². The van der Waals surface area contributed by atoms with Crippen molar-refractivity contribution in [3.05, 3.63) is 75.2 Å². The molecular weight excluding hydrogens is 583 g/mol. The summed E-state index contributed by atoms with van der Waals surface area (Å²) in [7, 11) is 0. The highest BCUT2D eigenvalue weighted by atomic mass is 32.1. The fourth-order valence-corrected chi connectivity index (χ4v) is 6.29. The monoisotopic (exact) mass is 606 g/mol. The zero-order valence-corrected chi connectivity index (χ0v) is 23.1. The van der Waals surface area contributed by atoms with Gasteiger partial charge in [0.25, 0.3) is 5.91 Å². The summed E-state index contributed by atoms with van der Waals surface area (Å²) in [5.74, 6) is -14.4. The molecule has 1 saturated heterocycles. The number of hydrogen-bond acceptors (Lipinski definition) is 7. The van der Waals surface area contributed by atoms with E-state index in [2.05, 4.69) is 19.9 Å². The van der Waals surface area contributed by atoms with E-state index in [4.69, 9.17) is 9.72 Å². The summed E-state index contributed by atoms with van der Waals surface area (Å²) < 4.78 is 79.0. The number of aromatic nitrogens is 2. The van der Waals surface area contributed by atoms with Crippen LogP contribution in [0.25, 0.3) is 10.9 Å².